The van der Waals surface area contributed by atoms with Gasteiger partial charge in [-0.25, -0.2) is 0 Å². The van der Waals surface area contributed by atoms with Crippen LogP contribution in [0.25, 0.3) is 0 Å². The highest BCUT2D eigenvalue weighted by Crippen LogP contribution is 2.28. The molecule has 2 rings (SSSR count). The minimum atomic E-state index is -0.216. The molecule has 2 N–H and O–H groups in total. The number of halogens is 1. The van der Waals surface area contributed by atoms with Crippen LogP contribution in [0, 0.1) is 0 Å². The van der Waals surface area contributed by atoms with E-state index >= 15 is 0 Å². The fourth-order valence-corrected chi connectivity index (χ4v) is 1.47. The topological polar surface area (TPSA) is 41.5 Å². The predicted molar refractivity (Wildman–Crippen MR) is 39.4 cm³/mol. The van der Waals surface area contributed by atoms with Gasteiger partial charge in [0.25, 0.3) is 0 Å². The fourth-order valence-electron chi connectivity index (χ4n) is 1.47. The van der Waals surface area contributed by atoms with Gasteiger partial charge in [0.15, 0.2) is 0 Å². The zero-order valence-electron chi connectivity index (χ0n) is 5.67. The SMILES string of the molecule is Cl.OC1COC2(CNC2)C1. The molecule has 0 aromatic rings. The molecule has 0 aliphatic carbocycles. The van der Waals surface area contributed by atoms with Crippen molar-refractivity contribution in [3.63, 3.8) is 0 Å². The van der Waals surface area contributed by atoms with Gasteiger partial charge in [-0.05, 0) is 0 Å². The second-order valence-corrected chi connectivity index (χ2v) is 2.96. The Bertz CT molecular complexity index is 127. The molecule has 60 valence electrons. The molecule has 2 aliphatic rings. The van der Waals surface area contributed by atoms with Crippen LogP contribution in [0.3, 0.4) is 0 Å². The summed E-state index contributed by atoms with van der Waals surface area (Å²) in [6.45, 7) is 2.37. The molecule has 1 spiro atoms. The number of hydrogen-bond donors (Lipinski definition) is 2. The van der Waals surface area contributed by atoms with Gasteiger partial charge in [0.2, 0.25) is 0 Å². The number of nitrogens with one attached hydrogen (secondary N) is 1. The Hall–Kier alpha value is 0.170. The van der Waals surface area contributed by atoms with Gasteiger partial charge < -0.3 is 15.2 Å². The standard InChI is InChI=1S/C6H11NO2.ClH/c8-5-1-6(9-2-5)3-7-4-6;/h5,7-8H,1-4H2;1H. The van der Waals surface area contributed by atoms with E-state index in [0.29, 0.717) is 6.61 Å². The predicted octanol–water partition coefficient (Wildman–Crippen LogP) is -0.469. The Kier molecular flexibility index (Phi) is 2.20. The molecule has 1 atom stereocenters. The van der Waals surface area contributed by atoms with Crippen LogP contribution in [0.2, 0.25) is 0 Å². The number of ether oxygens (including phenoxy) is 1. The smallest absolute Gasteiger partial charge is 0.0956 e. The highest BCUT2D eigenvalue weighted by molar-refractivity contribution is 5.85. The molecule has 0 amide bonds. The summed E-state index contributed by atoms with van der Waals surface area (Å²) in [7, 11) is 0. The number of hydrogen-bond acceptors (Lipinski definition) is 3. The molecule has 2 aliphatic heterocycles. The van der Waals surface area contributed by atoms with Crippen LogP contribution in [0.5, 0.6) is 0 Å². The summed E-state index contributed by atoms with van der Waals surface area (Å²) in [5.74, 6) is 0. The van der Waals surface area contributed by atoms with Crippen LogP contribution < -0.4 is 5.32 Å². The van der Waals surface area contributed by atoms with E-state index < -0.39 is 0 Å². The van der Waals surface area contributed by atoms with Crippen molar-refractivity contribution in [1.82, 2.24) is 5.32 Å². The second kappa shape index (κ2) is 2.66. The molecule has 2 saturated heterocycles. The van der Waals surface area contributed by atoms with Crippen molar-refractivity contribution in [2.24, 2.45) is 0 Å². The summed E-state index contributed by atoms with van der Waals surface area (Å²) in [6.07, 6.45) is 0.604. The molecule has 0 saturated carbocycles. The van der Waals surface area contributed by atoms with Gasteiger partial charge in [-0.1, -0.05) is 0 Å². The Morgan fingerprint density at radius 1 is 1.50 bits per heavy atom. The number of aliphatic hydroxyl groups excluding tert-OH is 1. The number of aliphatic hydroxyl groups is 1. The summed E-state index contributed by atoms with van der Waals surface area (Å²) in [4.78, 5) is 0. The molecule has 3 nitrogen and oxygen atoms in total. The van der Waals surface area contributed by atoms with Crippen LogP contribution in [0.15, 0.2) is 0 Å². The van der Waals surface area contributed by atoms with E-state index in [0.717, 1.165) is 19.5 Å². The Labute approximate surface area is 66.2 Å². The van der Waals surface area contributed by atoms with Crippen molar-refractivity contribution in [1.29, 1.82) is 0 Å². The molecule has 2 fully saturated rings. The van der Waals surface area contributed by atoms with E-state index in [4.69, 9.17) is 9.84 Å². The van der Waals surface area contributed by atoms with E-state index in [-0.39, 0.29) is 24.1 Å². The van der Waals surface area contributed by atoms with Crippen LogP contribution in [0.4, 0.5) is 0 Å². The first-order valence-corrected chi connectivity index (χ1v) is 3.34. The highest BCUT2D eigenvalue weighted by atomic mass is 35.5. The molecule has 1 unspecified atom stereocenters. The molecule has 0 radical (unpaired) electrons. The maximum absolute atomic E-state index is 9.08. The molecule has 2 heterocycles. The monoisotopic (exact) mass is 165 g/mol. The zero-order chi connectivity index (χ0) is 6.32. The quantitative estimate of drug-likeness (QED) is 0.510. The lowest BCUT2D eigenvalue weighted by molar-refractivity contribution is -0.0370. The van der Waals surface area contributed by atoms with E-state index in [1.54, 1.807) is 0 Å². The van der Waals surface area contributed by atoms with Gasteiger partial charge in [0.05, 0.1) is 18.3 Å². The number of rotatable bonds is 0. The van der Waals surface area contributed by atoms with Gasteiger partial charge in [0.1, 0.15) is 0 Å². The van der Waals surface area contributed by atoms with Crippen molar-refractivity contribution in [2.75, 3.05) is 19.7 Å². The first-order chi connectivity index (χ1) is 4.31. The third-order valence-corrected chi connectivity index (χ3v) is 2.08. The van der Waals surface area contributed by atoms with Crippen molar-refractivity contribution < 1.29 is 9.84 Å². The molecule has 10 heavy (non-hydrogen) atoms. The zero-order valence-corrected chi connectivity index (χ0v) is 6.49. The summed E-state index contributed by atoms with van der Waals surface area (Å²) >= 11 is 0. The summed E-state index contributed by atoms with van der Waals surface area (Å²) < 4.78 is 5.38. The van der Waals surface area contributed by atoms with Gasteiger partial charge in [-0.15, -0.1) is 12.4 Å². The summed E-state index contributed by atoms with van der Waals surface area (Å²) in [5.41, 5.74) is 0.0272. The molecule has 0 bridgehead atoms. The minimum Gasteiger partial charge on any atom is -0.391 e. The van der Waals surface area contributed by atoms with Gasteiger partial charge in [-0.3, -0.25) is 0 Å². The normalized spacial score (nSPS) is 35.1. The maximum atomic E-state index is 9.08. The molecule has 4 heteroatoms. The largest absolute Gasteiger partial charge is 0.391 e. The van der Waals surface area contributed by atoms with Crippen molar-refractivity contribution in [3.05, 3.63) is 0 Å². The van der Waals surface area contributed by atoms with Crippen LogP contribution in [-0.2, 0) is 4.74 Å². The van der Waals surface area contributed by atoms with Crippen LogP contribution in [-0.4, -0.2) is 36.5 Å². The Morgan fingerprint density at radius 2 is 2.20 bits per heavy atom. The summed E-state index contributed by atoms with van der Waals surface area (Å²) in [6, 6.07) is 0. The van der Waals surface area contributed by atoms with E-state index in [9.17, 15) is 0 Å². The molecule has 0 aromatic heterocycles. The molecule has 0 aromatic carbocycles. The van der Waals surface area contributed by atoms with Crippen molar-refractivity contribution in [2.45, 2.75) is 18.1 Å². The van der Waals surface area contributed by atoms with Crippen LogP contribution >= 0.6 is 12.4 Å². The first kappa shape index (κ1) is 8.27. The third kappa shape index (κ3) is 1.14. The summed E-state index contributed by atoms with van der Waals surface area (Å²) in [5, 5.41) is 12.2. The first-order valence-electron chi connectivity index (χ1n) is 3.34. The fraction of sp³-hybridized carbons (Fsp3) is 1.00. The van der Waals surface area contributed by atoms with E-state index in [1.807, 2.05) is 0 Å². The minimum absolute atomic E-state index is 0. The average molecular weight is 166 g/mol. The van der Waals surface area contributed by atoms with Gasteiger partial charge >= 0.3 is 0 Å². The molecular formula is C6H12ClNO2. The Morgan fingerprint density at radius 3 is 2.40 bits per heavy atom. The van der Waals surface area contributed by atoms with Crippen molar-refractivity contribution >= 4 is 12.4 Å². The second-order valence-electron chi connectivity index (χ2n) is 2.96. The lowest BCUT2D eigenvalue weighted by Crippen LogP contribution is -2.59. The van der Waals surface area contributed by atoms with Crippen molar-refractivity contribution in [3.8, 4) is 0 Å². The lowest BCUT2D eigenvalue weighted by atomic mass is 9.93. The Balaban J connectivity index is 0.000000500. The maximum Gasteiger partial charge on any atom is 0.0956 e. The average Bonchev–Trinajstić information content (AvgIpc) is 2.09. The van der Waals surface area contributed by atoms with Crippen LogP contribution in [0.1, 0.15) is 6.42 Å². The highest BCUT2D eigenvalue weighted by Gasteiger charge is 2.44. The third-order valence-electron chi connectivity index (χ3n) is 2.08. The van der Waals surface area contributed by atoms with Gasteiger partial charge in [0, 0.05) is 19.5 Å². The van der Waals surface area contributed by atoms with E-state index in [2.05, 4.69) is 5.32 Å². The van der Waals surface area contributed by atoms with E-state index in [1.165, 1.54) is 0 Å². The van der Waals surface area contributed by atoms with Gasteiger partial charge in [-0.2, -0.15) is 0 Å². The molecular weight excluding hydrogens is 154 g/mol. The lowest BCUT2D eigenvalue weighted by Gasteiger charge is -2.37.